The van der Waals surface area contributed by atoms with Crippen LogP contribution >= 0.6 is 11.8 Å². The Balaban J connectivity index is 2.19. The molecule has 1 saturated carbocycles. The van der Waals surface area contributed by atoms with E-state index in [1.54, 1.807) is 0 Å². The first kappa shape index (κ1) is 13.1. The van der Waals surface area contributed by atoms with Crippen molar-refractivity contribution in [2.75, 3.05) is 19.5 Å². The quantitative estimate of drug-likeness (QED) is 0.782. The third kappa shape index (κ3) is 2.31. The highest BCUT2D eigenvalue weighted by molar-refractivity contribution is 8.00. The molecule has 2 atom stereocenters. The third-order valence-corrected chi connectivity index (χ3v) is 5.19. The number of rotatable bonds is 3. The summed E-state index contributed by atoms with van der Waals surface area (Å²) < 4.78 is 10.9. The van der Waals surface area contributed by atoms with Gasteiger partial charge >= 0.3 is 5.97 Å². The third-order valence-electron chi connectivity index (χ3n) is 3.78. The first-order valence-electron chi connectivity index (χ1n) is 5.85. The van der Waals surface area contributed by atoms with E-state index < -0.39 is 22.5 Å². The monoisotopic (exact) mass is 261 g/mol. The number of hydrogen-bond acceptors (Lipinski definition) is 5. The summed E-state index contributed by atoms with van der Waals surface area (Å²) in [5.41, 5.74) is 5.86. The number of carboxylic acid groups (broad SMARTS) is 1. The van der Waals surface area contributed by atoms with Gasteiger partial charge in [-0.3, -0.25) is 4.79 Å². The number of ether oxygens (including phenoxy) is 2. The van der Waals surface area contributed by atoms with Crippen LogP contribution in [0.25, 0.3) is 0 Å². The normalized spacial score (nSPS) is 33.8. The lowest BCUT2D eigenvalue weighted by Crippen LogP contribution is -2.57. The number of nitrogens with two attached hydrogens (primary N) is 1. The zero-order valence-corrected chi connectivity index (χ0v) is 10.8. The standard InChI is InChI=1S/C11H19NO4S/c1-17-10(8(12)9(13)14)3-2-4-11(7-10)15-5-6-16-11/h8H,2-7,12H2,1H3,(H,13,14). The molecule has 0 aromatic carbocycles. The van der Waals surface area contributed by atoms with Crippen molar-refractivity contribution in [1.29, 1.82) is 0 Å². The number of aliphatic carboxylic acids is 1. The Hall–Kier alpha value is -0.300. The Morgan fingerprint density at radius 2 is 2.06 bits per heavy atom. The van der Waals surface area contributed by atoms with Crippen molar-refractivity contribution in [3.63, 3.8) is 0 Å². The molecule has 98 valence electrons. The Kier molecular flexibility index (Phi) is 3.68. The Morgan fingerprint density at radius 1 is 1.41 bits per heavy atom. The molecule has 1 aliphatic carbocycles. The van der Waals surface area contributed by atoms with Gasteiger partial charge in [0.05, 0.1) is 13.2 Å². The van der Waals surface area contributed by atoms with Gasteiger partial charge < -0.3 is 20.3 Å². The molecular formula is C11H19NO4S. The maximum Gasteiger partial charge on any atom is 0.321 e. The zero-order chi connectivity index (χ0) is 12.5. The number of carbonyl (C=O) groups is 1. The summed E-state index contributed by atoms with van der Waals surface area (Å²) in [6, 6.07) is -0.873. The van der Waals surface area contributed by atoms with Crippen LogP contribution in [0.1, 0.15) is 25.7 Å². The number of carboxylic acids is 1. The van der Waals surface area contributed by atoms with Crippen molar-refractivity contribution in [3.8, 4) is 0 Å². The molecule has 2 aliphatic rings. The molecular weight excluding hydrogens is 242 g/mol. The molecule has 1 spiro atoms. The molecule has 5 nitrogen and oxygen atoms in total. The second-order valence-corrected chi connectivity index (χ2v) is 5.94. The van der Waals surface area contributed by atoms with E-state index in [1.165, 1.54) is 11.8 Å². The average molecular weight is 261 g/mol. The second kappa shape index (κ2) is 4.76. The Morgan fingerprint density at radius 3 is 2.59 bits per heavy atom. The van der Waals surface area contributed by atoms with Crippen LogP contribution in [0.2, 0.25) is 0 Å². The van der Waals surface area contributed by atoms with Crippen LogP contribution in [0.15, 0.2) is 0 Å². The summed E-state index contributed by atoms with van der Waals surface area (Å²) >= 11 is 1.52. The summed E-state index contributed by atoms with van der Waals surface area (Å²) in [7, 11) is 0. The van der Waals surface area contributed by atoms with Crippen molar-refractivity contribution in [3.05, 3.63) is 0 Å². The fourth-order valence-electron chi connectivity index (χ4n) is 2.82. The van der Waals surface area contributed by atoms with Gasteiger partial charge in [-0.05, 0) is 19.1 Å². The van der Waals surface area contributed by atoms with Crippen LogP contribution in [0.4, 0.5) is 0 Å². The highest BCUT2D eigenvalue weighted by Gasteiger charge is 2.52. The molecule has 1 aliphatic heterocycles. The largest absolute Gasteiger partial charge is 0.480 e. The van der Waals surface area contributed by atoms with Crippen LogP contribution in [0, 0.1) is 0 Å². The number of hydrogen-bond donors (Lipinski definition) is 2. The Labute approximate surface area is 105 Å². The minimum atomic E-state index is -0.950. The second-order valence-electron chi connectivity index (χ2n) is 4.72. The lowest BCUT2D eigenvalue weighted by atomic mass is 9.79. The van der Waals surface area contributed by atoms with Gasteiger partial charge in [-0.2, -0.15) is 11.8 Å². The van der Waals surface area contributed by atoms with Gasteiger partial charge in [0.25, 0.3) is 0 Å². The van der Waals surface area contributed by atoms with Crippen molar-refractivity contribution in [1.82, 2.24) is 0 Å². The lowest BCUT2D eigenvalue weighted by molar-refractivity contribution is -0.185. The SMILES string of the molecule is CSC1(C(N)C(=O)O)CCCC2(C1)OCCO2. The van der Waals surface area contributed by atoms with Crippen LogP contribution in [0.5, 0.6) is 0 Å². The molecule has 3 N–H and O–H groups in total. The van der Waals surface area contributed by atoms with Crippen LogP contribution in [0.3, 0.4) is 0 Å². The van der Waals surface area contributed by atoms with Gasteiger partial charge in [-0.15, -0.1) is 0 Å². The van der Waals surface area contributed by atoms with E-state index in [-0.39, 0.29) is 0 Å². The van der Waals surface area contributed by atoms with Gasteiger partial charge in [-0.25, -0.2) is 0 Å². The molecule has 1 saturated heterocycles. The predicted molar refractivity (Wildman–Crippen MR) is 65.0 cm³/mol. The topological polar surface area (TPSA) is 81.8 Å². The van der Waals surface area contributed by atoms with Gasteiger partial charge in [-0.1, -0.05) is 0 Å². The molecule has 6 heteroatoms. The maximum absolute atomic E-state index is 11.1. The zero-order valence-electron chi connectivity index (χ0n) is 9.98. The lowest BCUT2D eigenvalue weighted by Gasteiger charge is -2.45. The van der Waals surface area contributed by atoms with Gasteiger partial charge in [0, 0.05) is 17.6 Å². The van der Waals surface area contributed by atoms with Gasteiger partial charge in [0.1, 0.15) is 6.04 Å². The van der Waals surface area contributed by atoms with E-state index in [1.807, 2.05) is 6.26 Å². The van der Waals surface area contributed by atoms with Crippen molar-refractivity contribution in [2.24, 2.45) is 5.73 Å². The molecule has 1 heterocycles. The molecule has 2 fully saturated rings. The van der Waals surface area contributed by atoms with E-state index in [9.17, 15) is 4.79 Å². The molecule has 2 rings (SSSR count). The highest BCUT2D eigenvalue weighted by atomic mass is 32.2. The summed E-state index contributed by atoms with van der Waals surface area (Å²) in [4.78, 5) is 11.1. The van der Waals surface area contributed by atoms with Gasteiger partial charge in [0.15, 0.2) is 5.79 Å². The summed E-state index contributed by atoms with van der Waals surface area (Å²) in [5.74, 6) is -1.54. The summed E-state index contributed by atoms with van der Waals surface area (Å²) in [5, 5.41) is 9.14. The average Bonchev–Trinajstić information content (AvgIpc) is 2.76. The molecule has 2 unspecified atom stereocenters. The fourth-order valence-corrected chi connectivity index (χ4v) is 3.89. The first-order chi connectivity index (χ1) is 8.04. The van der Waals surface area contributed by atoms with Crippen molar-refractivity contribution < 1.29 is 19.4 Å². The van der Waals surface area contributed by atoms with Crippen LogP contribution in [-0.4, -0.2) is 47.1 Å². The van der Waals surface area contributed by atoms with Crippen molar-refractivity contribution in [2.45, 2.75) is 42.3 Å². The number of thioether (sulfide) groups is 1. The van der Waals surface area contributed by atoms with E-state index in [0.29, 0.717) is 19.6 Å². The van der Waals surface area contributed by atoms with E-state index in [4.69, 9.17) is 20.3 Å². The summed E-state index contributed by atoms with van der Waals surface area (Å²) in [6.45, 7) is 1.18. The smallest absolute Gasteiger partial charge is 0.321 e. The molecule has 17 heavy (non-hydrogen) atoms. The van der Waals surface area contributed by atoms with E-state index in [0.717, 1.165) is 19.3 Å². The van der Waals surface area contributed by atoms with E-state index in [2.05, 4.69) is 0 Å². The van der Waals surface area contributed by atoms with Crippen molar-refractivity contribution >= 4 is 17.7 Å². The first-order valence-corrected chi connectivity index (χ1v) is 7.08. The predicted octanol–water partition coefficient (Wildman–Crippen LogP) is 0.817. The molecule has 0 radical (unpaired) electrons. The Bertz CT molecular complexity index is 306. The van der Waals surface area contributed by atoms with Gasteiger partial charge in [0.2, 0.25) is 0 Å². The van der Waals surface area contributed by atoms with E-state index >= 15 is 0 Å². The highest BCUT2D eigenvalue weighted by Crippen LogP contribution is 2.48. The minimum absolute atomic E-state index is 0.478. The maximum atomic E-state index is 11.1. The van der Waals surface area contributed by atoms with Crippen LogP contribution in [-0.2, 0) is 14.3 Å². The fraction of sp³-hybridized carbons (Fsp3) is 0.909. The molecule has 0 bridgehead atoms. The minimum Gasteiger partial charge on any atom is -0.480 e. The molecule has 0 amide bonds. The summed E-state index contributed by atoms with van der Waals surface area (Å²) in [6.07, 6.45) is 5.00. The molecule has 0 aromatic heterocycles. The van der Waals surface area contributed by atoms with Crippen LogP contribution < -0.4 is 5.73 Å². The molecule has 0 aromatic rings.